The van der Waals surface area contributed by atoms with Crippen LogP contribution in [0.3, 0.4) is 0 Å². The highest BCUT2D eigenvalue weighted by Gasteiger charge is 2.47. The van der Waals surface area contributed by atoms with E-state index in [1.54, 1.807) is 32.9 Å². The van der Waals surface area contributed by atoms with Crippen LogP contribution < -0.4 is 0 Å². The lowest BCUT2D eigenvalue weighted by molar-refractivity contribution is -0.00638. The van der Waals surface area contributed by atoms with Gasteiger partial charge in [-0.05, 0) is 39.2 Å². The van der Waals surface area contributed by atoms with Gasteiger partial charge in [-0.1, -0.05) is 30.3 Å². The van der Waals surface area contributed by atoms with Crippen LogP contribution in [0.25, 0.3) is 0 Å². The van der Waals surface area contributed by atoms with E-state index in [-0.39, 0.29) is 13.2 Å². The Bertz CT molecular complexity index is 698. The summed E-state index contributed by atoms with van der Waals surface area (Å²) < 4.78 is 19.7. The van der Waals surface area contributed by atoms with Gasteiger partial charge in [-0.2, -0.15) is 0 Å². The van der Waals surface area contributed by atoms with Crippen molar-refractivity contribution in [2.24, 2.45) is 0 Å². The van der Waals surface area contributed by atoms with E-state index in [0.717, 1.165) is 17.1 Å². The van der Waals surface area contributed by atoms with Gasteiger partial charge in [-0.15, -0.1) is 0 Å². The normalized spacial score (nSPS) is 15.0. The first-order valence-electron chi connectivity index (χ1n) is 8.63. The summed E-state index contributed by atoms with van der Waals surface area (Å²) in [7, 11) is -3.64. The lowest BCUT2D eigenvalue weighted by Gasteiger charge is -2.26. The number of rotatable bonds is 4. The molecular weight excluding hydrogens is 389 g/mol. The number of nitrogens with zero attached hydrogens (tertiary/aromatic N) is 1. The van der Waals surface area contributed by atoms with Gasteiger partial charge in [0.05, 0.1) is 6.54 Å². The predicted octanol–water partition coefficient (Wildman–Crippen LogP) is 3.32. The van der Waals surface area contributed by atoms with Crippen LogP contribution in [-0.2, 0) is 25.8 Å². The van der Waals surface area contributed by atoms with E-state index in [9.17, 15) is 19.3 Å². The molecule has 10 heteroatoms. The zero-order valence-electron chi connectivity index (χ0n) is 16.5. The van der Waals surface area contributed by atoms with E-state index in [0.29, 0.717) is 12.8 Å². The van der Waals surface area contributed by atoms with Gasteiger partial charge < -0.3 is 19.3 Å². The molecule has 0 bridgehead atoms. The summed E-state index contributed by atoms with van der Waals surface area (Å²) in [6.07, 6.45) is -0.820. The summed E-state index contributed by atoms with van der Waals surface area (Å²) in [6, 6.07) is 9.12. The molecule has 1 aliphatic carbocycles. The van der Waals surface area contributed by atoms with Gasteiger partial charge in [0.2, 0.25) is 0 Å². The monoisotopic (exact) mass is 416 g/mol. The molecule has 0 atom stereocenters. The molecule has 0 spiro atoms. The van der Waals surface area contributed by atoms with Gasteiger partial charge in [0, 0.05) is 6.66 Å². The van der Waals surface area contributed by atoms with Gasteiger partial charge in [-0.25, -0.2) is 19.6 Å². The van der Waals surface area contributed by atoms with Crippen LogP contribution in [0, 0.1) is 0 Å². The summed E-state index contributed by atoms with van der Waals surface area (Å²) in [5, 5.41) is 12.0. The standard InChI is InChI=1S/C17H22NO5.CH5O3P/c1-16(2,3)23-15(20)18(12-17(21)9-10-17)14(19)22-11-13-7-5-4-6-8-13;1-5(2,3)4/h4-8H,9-12H2,1-3H3;1H3,(H2,2,3,4). The minimum Gasteiger partial charge on any atom is -0.444 e. The van der Waals surface area contributed by atoms with Crippen LogP contribution in [0.15, 0.2) is 30.3 Å². The van der Waals surface area contributed by atoms with E-state index < -0.39 is 31.0 Å². The number of carbonyl (C=O) groups excluding carboxylic acids is 2. The molecule has 1 aromatic rings. The Morgan fingerprint density at radius 1 is 1.14 bits per heavy atom. The SMILES string of the molecule is CC(C)(C)OC(=O)N(CC1([O])CC1)C(=O)OCc1ccccc1.CP(=O)(O)O. The Morgan fingerprint density at radius 2 is 1.64 bits per heavy atom. The Hall–Kier alpha value is -1.93. The smallest absolute Gasteiger partial charge is 0.419 e. The number of carbonyl (C=O) groups is 2. The zero-order chi connectivity index (χ0) is 21.6. The molecule has 0 heterocycles. The number of ether oxygens (including phenoxy) is 2. The third kappa shape index (κ3) is 11.0. The highest BCUT2D eigenvalue weighted by Crippen LogP contribution is 2.37. The van der Waals surface area contributed by atoms with Crippen LogP contribution in [0.5, 0.6) is 0 Å². The van der Waals surface area contributed by atoms with Crippen molar-refractivity contribution < 1.29 is 38.5 Å². The third-order valence-electron chi connectivity index (χ3n) is 3.29. The van der Waals surface area contributed by atoms with Crippen molar-refractivity contribution in [1.29, 1.82) is 0 Å². The molecule has 157 valence electrons. The summed E-state index contributed by atoms with van der Waals surface area (Å²) in [6.45, 7) is 5.75. The average Bonchev–Trinajstić information content (AvgIpc) is 3.26. The molecule has 2 rings (SSSR count). The summed E-state index contributed by atoms with van der Waals surface area (Å²) in [5.41, 5.74) is -1.22. The molecule has 1 radical (unpaired) electrons. The van der Waals surface area contributed by atoms with Crippen LogP contribution in [-0.4, -0.2) is 51.3 Å². The number of imide groups is 1. The maximum atomic E-state index is 12.2. The topological polar surface area (TPSA) is 133 Å². The number of amides is 2. The fourth-order valence-electron chi connectivity index (χ4n) is 1.90. The fraction of sp³-hybridized carbons (Fsp3) is 0.556. The van der Waals surface area contributed by atoms with Crippen LogP contribution >= 0.6 is 7.60 Å². The molecule has 1 aromatic carbocycles. The Morgan fingerprint density at radius 3 is 2.07 bits per heavy atom. The molecule has 2 amide bonds. The number of hydrogen-bond acceptors (Lipinski definition) is 5. The number of hydrogen-bond donors (Lipinski definition) is 2. The van der Waals surface area contributed by atoms with Crippen molar-refractivity contribution in [2.75, 3.05) is 13.2 Å². The first-order chi connectivity index (χ1) is 12.7. The second-order valence-electron chi connectivity index (χ2n) is 7.62. The highest BCUT2D eigenvalue weighted by molar-refractivity contribution is 7.50. The fourth-order valence-corrected chi connectivity index (χ4v) is 1.90. The van der Waals surface area contributed by atoms with Gasteiger partial charge >= 0.3 is 19.8 Å². The predicted molar refractivity (Wildman–Crippen MR) is 100 cm³/mol. The lowest BCUT2D eigenvalue weighted by Crippen LogP contribution is -2.45. The van der Waals surface area contributed by atoms with E-state index in [1.807, 2.05) is 18.2 Å². The van der Waals surface area contributed by atoms with Crippen LogP contribution in [0.4, 0.5) is 9.59 Å². The van der Waals surface area contributed by atoms with E-state index in [2.05, 4.69) is 0 Å². The van der Waals surface area contributed by atoms with Crippen molar-refractivity contribution in [2.45, 2.75) is 51.4 Å². The average molecular weight is 416 g/mol. The Kier molecular flexibility index (Phi) is 8.19. The number of benzene rings is 1. The van der Waals surface area contributed by atoms with E-state index >= 15 is 0 Å². The molecule has 9 nitrogen and oxygen atoms in total. The van der Waals surface area contributed by atoms with E-state index in [4.69, 9.17) is 19.3 Å². The van der Waals surface area contributed by atoms with Gasteiger partial charge in [0.1, 0.15) is 17.8 Å². The minimum atomic E-state index is -3.64. The molecule has 2 N–H and O–H groups in total. The van der Waals surface area contributed by atoms with Gasteiger partial charge in [-0.3, -0.25) is 4.57 Å². The second-order valence-corrected chi connectivity index (χ2v) is 9.30. The molecule has 1 fully saturated rings. The molecule has 0 aromatic heterocycles. The maximum Gasteiger partial charge on any atom is 0.419 e. The summed E-state index contributed by atoms with van der Waals surface area (Å²) >= 11 is 0. The Balaban J connectivity index is 0.000000696. The van der Waals surface area contributed by atoms with Crippen molar-refractivity contribution in [3.8, 4) is 0 Å². The molecule has 0 aliphatic heterocycles. The van der Waals surface area contributed by atoms with Crippen molar-refractivity contribution >= 4 is 19.8 Å². The maximum absolute atomic E-state index is 12.2. The first-order valence-corrected chi connectivity index (χ1v) is 10.7. The van der Waals surface area contributed by atoms with Crippen molar-refractivity contribution in [3.63, 3.8) is 0 Å². The highest BCUT2D eigenvalue weighted by atomic mass is 31.2. The van der Waals surface area contributed by atoms with E-state index in [1.165, 1.54) is 0 Å². The lowest BCUT2D eigenvalue weighted by atomic mass is 10.2. The molecular formula is C18H27NO8P. The third-order valence-corrected chi connectivity index (χ3v) is 3.29. The summed E-state index contributed by atoms with van der Waals surface area (Å²) in [5.74, 6) is 0. The molecule has 1 aliphatic rings. The van der Waals surface area contributed by atoms with Gasteiger partial charge in [0.25, 0.3) is 0 Å². The van der Waals surface area contributed by atoms with Crippen LogP contribution in [0.1, 0.15) is 39.2 Å². The molecule has 1 saturated carbocycles. The van der Waals surface area contributed by atoms with Crippen molar-refractivity contribution in [1.82, 2.24) is 4.90 Å². The molecule has 0 unspecified atom stereocenters. The zero-order valence-corrected chi connectivity index (χ0v) is 17.3. The van der Waals surface area contributed by atoms with Crippen molar-refractivity contribution in [3.05, 3.63) is 35.9 Å². The largest absolute Gasteiger partial charge is 0.444 e. The quantitative estimate of drug-likeness (QED) is 0.719. The molecule has 28 heavy (non-hydrogen) atoms. The first kappa shape index (κ1) is 24.1. The van der Waals surface area contributed by atoms with Crippen LogP contribution in [0.2, 0.25) is 0 Å². The second kappa shape index (κ2) is 9.52. The molecule has 0 saturated heterocycles. The van der Waals surface area contributed by atoms with Gasteiger partial charge in [0.15, 0.2) is 0 Å². The Labute approximate surface area is 164 Å². The minimum absolute atomic E-state index is 0.0326. The summed E-state index contributed by atoms with van der Waals surface area (Å²) in [4.78, 5) is 40.4.